The van der Waals surface area contributed by atoms with Crippen molar-refractivity contribution < 1.29 is 31.5 Å². The van der Waals surface area contributed by atoms with Gasteiger partial charge >= 0.3 is 6.18 Å². The van der Waals surface area contributed by atoms with E-state index in [2.05, 4.69) is 4.98 Å². The molecule has 0 aliphatic heterocycles. The summed E-state index contributed by atoms with van der Waals surface area (Å²) in [6.45, 7) is 3.20. The Labute approximate surface area is 127 Å². The van der Waals surface area contributed by atoms with Crippen LogP contribution in [0.2, 0.25) is 5.02 Å². The topological polar surface area (TPSA) is 47.0 Å². The second-order valence-corrected chi connectivity index (χ2v) is 5.27. The van der Waals surface area contributed by atoms with Crippen LogP contribution in [0, 0.1) is 5.92 Å². The molecule has 0 unspecified atom stereocenters. The molecular formula is C13H11ClF5NO2. The van der Waals surface area contributed by atoms with Crippen LogP contribution in [0.4, 0.5) is 22.0 Å². The van der Waals surface area contributed by atoms with E-state index in [1.54, 1.807) is 13.8 Å². The number of aromatic nitrogens is 1. The summed E-state index contributed by atoms with van der Waals surface area (Å²) >= 11 is 5.70. The fourth-order valence-corrected chi connectivity index (χ4v) is 2.20. The highest BCUT2D eigenvalue weighted by Crippen LogP contribution is 2.39. The van der Waals surface area contributed by atoms with Crippen LogP contribution in [0.5, 0.6) is 0 Å². The van der Waals surface area contributed by atoms with Gasteiger partial charge in [-0.15, -0.1) is 0 Å². The molecule has 0 aliphatic carbocycles. The summed E-state index contributed by atoms with van der Waals surface area (Å²) in [6, 6.07) is 0. The monoisotopic (exact) mass is 343 g/mol. The first-order chi connectivity index (χ1) is 10.0. The van der Waals surface area contributed by atoms with E-state index >= 15 is 0 Å². The minimum atomic E-state index is -5.17. The molecule has 9 heteroatoms. The lowest BCUT2D eigenvalue weighted by Gasteiger charge is -2.19. The SMILES string of the molecule is CC(C)Cc1c(Cl)c(C(F)F)nc(C(F)(F)F)c1C(=O)C=O. The van der Waals surface area contributed by atoms with Crippen molar-refractivity contribution in [2.24, 2.45) is 5.92 Å². The summed E-state index contributed by atoms with van der Waals surface area (Å²) in [6.07, 6.45) is -9.03. The number of hydrogen-bond donors (Lipinski definition) is 0. The van der Waals surface area contributed by atoms with Crippen molar-refractivity contribution in [1.82, 2.24) is 4.98 Å². The lowest BCUT2D eigenvalue weighted by molar-refractivity contribution is -0.141. The highest BCUT2D eigenvalue weighted by atomic mass is 35.5. The molecular weight excluding hydrogens is 333 g/mol. The zero-order valence-corrected chi connectivity index (χ0v) is 12.2. The largest absolute Gasteiger partial charge is 0.434 e. The Bertz CT molecular complexity index is 599. The summed E-state index contributed by atoms with van der Waals surface area (Å²) in [5.74, 6) is -1.79. The second-order valence-electron chi connectivity index (χ2n) is 4.89. The fraction of sp³-hybridized carbons (Fsp3) is 0.462. The standard InChI is InChI=1S/C13H11ClF5NO2/c1-5(2)3-6-8(7(22)4-21)11(13(17,18)19)20-10(9(6)14)12(15)16/h4-5,12H,3H2,1-2H3. The molecule has 122 valence electrons. The van der Waals surface area contributed by atoms with E-state index in [0.29, 0.717) is 0 Å². The van der Waals surface area contributed by atoms with Crippen LogP contribution in [0.25, 0.3) is 0 Å². The first-order valence-electron chi connectivity index (χ1n) is 6.07. The third kappa shape index (κ3) is 3.79. The van der Waals surface area contributed by atoms with Crippen LogP contribution >= 0.6 is 11.6 Å². The van der Waals surface area contributed by atoms with E-state index in [9.17, 15) is 31.5 Å². The van der Waals surface area contributed by atoms with E-state index in [-0.39, 0.29) is 18.6 Å². The minimum absolute atomic E-state index is 0.181. The third-order valence-corrected chi connectivity index (χ3v) is 3.12. The van der Waals surface area contributed by atoms with E-state index in [0.717, 1.165) is 0 Å². The van der Waals surface area contributed by atoms with Crippen LogP contribution in [-0.4, -0.2) is 17.1 Å². The van der Waals surface area contributed by atoms with Gasteiger partial charge in [0.1, 0.15) is 5.69 Å². The van der Waals surface area contributed by atoms with Gasteiger partial charge in [0.05, 0.1) is 10.6 Å². The molecule has 0 radical (unpaired) electrons. The number of rotatable bonds is 5. The summed E-state index contributed by atoms with van der Waals surface area (Å²) in [5, 5.41) is -0.720. The lowest BCUT2D eigenvalue weighted by Crippen LogP contribution is -2.21. The summed E-state index contributed by atoms with van der Waals surface area (Å²) < 4.78 is 64.8. The normalized spacial score (nSPS) is 12.1. The van der Waals surface area contributed by atoms with E-state index < -0.39 is 45.9 Å². The van der Waals surface area contributed by atoms with Gasteiger partial charge in [-0.2, -0.15) is 13.2 Å². The Hall–Kier alpha value is -1.57. The Morgan fingerprint density at radius 2 is 1.86 bits per heavy atom. The maximum absolute atomic E-state index is 13.0. The quantitative estimate of drug-likeness (QED) is 0.347. The molecule has 0 aromatic carbocycles. The van der Waals surface area contributed by atoms with Gasteiger partial charge in [0.15, 0.2) is 12.0 Å². The van der Waals surface area contributed by atoms with Gasteiger partial charge in [-0.25, -0.2) is 13.8 Å². The number of pyridine rings is 1. The van der Waals surface area contributed by atoms with Crippen molar-refractivity contribution >= 4 is 23.7 Å². The van der Waals surface area contributed by atoms with Gasteiger partial charge in [-0.1, -0.05) is 25.4 Å². The van der Waals surface area contributed by atoms with Crippen molar-refractivity contribution in [2.75, 3.05) is 0 Å². The molecule has 0 saturated carbocycles. The van der Waals surface area contributed by atoms with Crippen LogP contribution in [-0.2, 0) is 17.4 Å². The molecule has 3 nitrogen and oxygen atoms in total. The van der Waals surface area contributed by atoms with Crippen molar-refractivity contribution in [1.29, 1.82) is 0 Å². The predicted molar refractivity (Wildman–Crippen MR) is 68.1 cm³/mol. The van der Waals surface area contributed by atoms with E-state index in [4.69, 9.17) is 11.6 Å². The van der Waals surface area contributed by atoms with Gasteiger partial charge in [-0.05, 0) is 17.9 Å². The molecule has 1 rings (SSSR count). The zero-order valence-electron chi connectivity index (χ0n) is 11.5. The van der Waals surface area contributed by atoms with E-state index in [1.807, 2.05) is 0 Å². The summed E-state index contributed by atoms with van der Waals surface area (Å²) in [7, 11) is 0. The molecule has 0 amide bonds. The van der Waals surface area contributed by atoms with Gasteiger partial charge < -0.3 is 0 Å². The van der Waals surface area contributed by atoms with Crippen molar-refractivity contribution in [3.05, 3.63) is 27.5 Å². The Morgan fingerprint density at radius 1 is 1.32 bits per heavy atom. The first kappa shape index (κ1) is 18.5. The van der Waals surface area contributed by atoms with Gasteiger partial charge in [0.25, 0.3) is 6.43 Å². The molecule has 1 heterocycles. The fourth-order valence-electron chi connectivity index (χ4n) is 1.91. The number of halogens is 6. The average Bonchev–Trinajstić information content (AvgIpc) is 2.37. The molecule has 0 aliphatic rings. The summed E-state index contributed by atoms with van der Waals surface area (Å²) in [4.78, 5) is 25.0. The molecule has 22 heavy (non-hydrogen) atoms. The zero-order chi connectivity index (χ0) is 17.2. The maximum Gasteiger partial charge on any atom is 0.434 e. The molecule has 0 spiro atoms. The lowest BCUT2D eigenvalue weighted by atomic mass is 9.94. The van der Waals surface area contributed by atoms with Crippen molar-refractivity contribution in [3.63, 3.8) is 0 Å². The van der Waals surface area contributed by atoms with Gasteiger partial charge in [0.2, 0.25) is 5.78 Å². The Balaban J connectivity index is 3.85. The van der Waals surface area contributed by atoms with Crippen molar-refractivity contribution in [2.45, 2.75) is 32.9 Å². The van der Waals surface area contributed by atoms with Gasteiger partial charge in [-0.3, -0.25) is 9.59 Å². The van der Waals surface area contributed by atoms with E-state index in [1.165, 1.54) is 0 Å². The maximum atomic E-state index is 13.0. The highest BCUT2D eigenvalue weighted by molar-refractivity contribution is 6.37. The number of hydrogen-bond acceptors (Lipinski definition) is 3. The molecule has 0 bridgehead atoms. The predicted octanol–water partition coefficient (Wildman–Crippen LogP) is 4.27. The van der Waals surface area contributed by atoms with Crippen LogP contribution in [0.3, 0.4) is 0 Å². The third-order valence-electron chi connectivity index (χ3n) is 2.70. The number of alkyl halides is 5. The number of ketones is 1. The Morgan fingerprint density at radius 3 is 2.23 bits per heavy atom. The minimum Gasteiger partial charge on any atom is -0.294 e. The first-order valence-corrected chi connectivity index (χ1v) is 6.45. The second kappa shape index (κ2) is 6.68. The molecule has 0 N–H and O–H groups in total. The molecule has 1 aromatic rings. The molecule has 0 fully saturated rings. The molecule has 0 atom stereocenters. The van der Waals surface area contributed by atoms with Crippen LogP contribution < -0.4 is 0 Å². The van der Waals surface area contributed by atoms with Gasteiger partial charge in [0, 0.05) is 0 Å². The summed E-state index contributed by atoms with van der Waals surface area (Å²) in [5.41, 5.74) is -4.58. The van der Waals surface area contributed by atoms with Crippen LogP contribution in [0.1, 0.15) is 47.6 Å². The number of Topliss-reactive ketones (excluding diaryl/α,β-unsaturated/α-hetero) is 1. The number of carbonyl (C=O) groups is 2. The number of aldehydes is 1. The molecule has 0 saturated heterocycles. The smallest absolute Gasteiger partial charge is 0.294 e. The highest BCUT2D eigenvalue weighted by Gasteiger charge is 2.41. The number of carbonyl (C=O) groups excluding carboxylic acids is 2. The average molecular weight is 344 g/mol. The number of nitrogens with zero attached hydrogens (tertiary/aromatic N) is 1. The van der Waals surface area contributed by atoms with Crippen LogP contribution in [0.15, 0.2) is 0 Å². The Kier molecular flexibility index (Phi) is 5.61. The van der Waals surface area contributed by atoms with Crippen molar-refractivity contribution in [3.8, 4) is 0 Å². The molecule has 1 aromatic heterocycles.